The predicted molar refractivity (Wildman–Crippen MR) is 82.9 cm³/mol. The fourth-order valence-electron chi connectivity index (χ4n) is 3.05. The Morgan fingerprint density at radius 3 is 3.00 bits per heavy atom. The molecule has 1 saturated heterocycles. The Labute approximate surface area is 125 Å². The highest BCUT2D eigenvalue weighted by Gasteiger charge is 2.24. The second-order valence-corrected chi connectivity index (χ2v) is 5.75. The molecule has 0 unspecified atom stereocenters. The highest BCUT2D eigenvalue weighted by Crippen LogP contribution is 2.31. The second kappa shape index (κ2) is 6.22. The van der Waals surface area contributed by atoms with Crippen molar-refractivity contribution < 1.29 is 0 Å². The Bertz CT molecular complexity index is 651. The summed E-state index contributed by atoms with van der Waals surface area (Å²) in [6, 6.07) is 8.35. The summed E-state index contributed by atoms with van der Waals surface area (Å²) >= 11 is 0. The number of aryl methyl sites for hydroxylation is 1. The summed E-state index contributed by atoms with van der Waals surface area (Å²) in [6.07, 6.45) is 9.27. The van der Waals surface area contributed by atoms with Crippen molar-refractivity contribution in [3.63, 3.8) is 0 Å². The van der Waals surface area contributed by atoms with Crippen molar-refractivity contribution >= 4 is 0 Å². The molecule has 1 fully saturated rings. The molecule has 2 aromatic rings. The maximum absolute atomic E-state index is 11.8. The Kier molecular flexibility index (Phi) is 4.15. The molecule has 110 valence electrons. The lowest BCUT2D eigenvalue weighted by atomic mass is 9.96. The van der Waals surface area contributed by atoms with Gasteiger partial charge >= 0.3 is 0 Å². The number of piperidine rings is 1. The highest BCUT2D eigenvalue weighted by molar-refractivity contribution is 5.17. The lowest BCUT2D eigenvalue weighted by Crippen LogP contribution is -2.33. The SMILES string of the molecule is Cn1ccc(CN2CCCC[C@H]2c2cccnc2)cc1=O. The lowest BCUT2D eigenvalue weighted by Gasteiger charge is -2.35. The van der Waals surface area contributed by atoms with E-state index in [0.717, 1.165) is 25.1 Å². The van der Waals surface area contributed by atoms with Crippen molar-refractivity contribution in [1.29, 1.82) is 0 Å². The summed E-state index contributed by atoms with van der Waals surface area (Å²) in [7, 11) is 1.78. The third kappa shape index (κ3) is 3.22. The molecule has 4 heteroatoms. The first-order valence-electron chi connectivity index (χ1n) is 7.53. The van der Waals surface area contributed by atoms with E-state index in [1.807, 2.05) is 30.7 Å². The van der Waals surface area contributed by atoms with Crippen LogP contribution in [-0.2, 0) is 13.6 Å². The molecule has 1 aliphatic rings. The van der Waals surface area contributed by atoms with Gasteiger partial charge in [0, 0.05) is 44.3 Å². The molecule has 1 atom stereocenters. The first-order chi connectivity index (χ1) is 10.2. The molecule has 0 aliphatic carbocycles. The normalized spacial score (nSPS) is 19.6. The van der Waals surface area contributed by atoms with Gasteiger partial charge in [-0.3, -0.25) is 14.7 Å². The van der Waals surface area contributed by atoms with Gasteiger partial charge in [0.1, 0.15) is 0 Å². The molecule has 1 aliphatic heterocycles. The van der Waals surface area contributed by atoms with Crippen LogP contribution in [0.1, 0.15) is 36.4 Å². The summed E-state index contributed by atoms with van der Waals surface area (Å²) in [6.45, 7) is 1.91. The molecule has 0 N–H and O–H groups in total. The van der Waals surface area contributed by atoms with E-state index in [1.165, 1.54) is 18.4 Å². The van der Waals surface area contributed by atoms with Gasteiger partial charge in [-0.1, -0.05) is 12.5 Å². The van der Waals surface area contributed by atoms with E-state index in [1.54, 1.807) is 17.7 Å². The Morgan fingerprint density at radius 1 is 1.33 bits per heavy atom. The lowest BCUT2D eigenvalue weighted by molar-refractivity contribution is 0.140. The number of rotatable bonds is 3. The molecule has 4 nitrogen and oxygen atoms in total. The van der Waals surface area contributed by atoms with Crippen LogP contribution in [0.2, 0.25) is 0 Å². The van der Waals surface area contributed by atoms with E-state index in [-0.39, 0.29) is 5.56 Å². The van der Waals surface area contributed by atoms with Gasteiger partial charge in [0.15, 0.2) is 0 Å². The van der Waals surface area contributed by atoms with Crippen LogP contribution in [0, 0.1) is 0 Å². The Hall–Kier alpha value is -1.94. The summed E-state index contributed by atoms with van der Waals surface area (Å²) in [4.78, 5) is 18.5. The van der Waals surface area contributed by atoms with Crippen LogP contribution in [0.25, 0.3) is 0 Å². The van der Waals surface area contributed by atoms with Gasteiger partial charge in [-0.2, -0.15) is 0 Å². The fourth-order valence-corrected chi connectivity index (χ4v) is 3.05. The molecule has 0 radical (unpaired) electrons. The first-order valence-corrected chi connectivity index (χ1v) is 7.53. The topological polar surface area (TPSA) is 38.1 Å². The minimum atomic E-state index is 0.0578. The Morgan fingerprint density at radius 2 is 2.24 bits per heavy atom. The van der Waals surface area contributed by atoms with Gasteiger partial charge in [-0.25, -0.2) is 0 Å². The van der Waals surface area contributed by atoms with E-state index >= 15 is 0 Å². The highest BCUT2D eigenvalue weighted by atomic mass is 16.1. The molecule has 21 heavy (non-hydrogen) atoms. The molecule has 2 aromatic heterocycles. The smallest absolute Gasteiger partial charge is 0.250 e. The third-order valence-electron chi connectivity index (χ3n) is 4.24. The molecule has 0 bridgehead atoms. The fraction of sp³-hybridized carbons (Fsp3) is 0.412. The Balaban J connectivity index is 1.81. The van der Waals surface area contributed by atoms with Crippen molar-refractivity contribution in [2.24, 2.45) is 7.05 Å². The quantitative estimate of drug-likeness (QED) is 0.868. The van der Waals surface area contributed by atoms with Crippen LogP contribution in [0.4, 0.5) is 0 Å². The van der Waals surface area contributed by atoms with Crippen molar-refractivity contribution in [3.8, 4) is 0 Å². The van der Waals surface area contributed by atoms with Crippen molar-refractivity contribution in [3.05, 3.63) is 64.3 Å². The average Bonchev–Trinajstić information content (AvgIpc) is 2.52. The van der Waals surface area contributed by atoms with Gasteiger partial charge < -0.3 is 4.57 Å². The molecule has 0 aromatic carbocycles. The van der Waals surface area contributed by atoms with Crippen LogP contribution in [0.15, 0.2) is 47.7 Å². The third-order valence-corrected chi connectivity index (χ3v) is 4.24. The van der Waals surface area contributed by atoms with Crippen LogP contribution < -0.4 is 5.56 Å². The maximum atomic E-state index is 11.8. The summed E-state index contributed by atoms with van der Waals surface area (Å²) in [5.41, 5.74) is 2.43. The van der Waals surface area contributed by atoms with E-state index in [2.05, 4.69) is 16.0 Å². The molecule has 0 spiro atoms. The van der Waals surface area contributed by atoms with Crippen LogP contribution in [-0.4, -0.2) is 21.0 Å². The van der Waals surface area contributed by atoms with Crippen molar-refractivity contribution in [1.82, 2.24) is 14.5 Å². The number of likely N-dealkylation sites (tertiary alicyclic amines) is 1. The summed E-state index contributed by atoms with van der Waals surface area (Å²) < 4.78 is 1.61. The van der Waals surface area contributed by atoms with Gasteiger partial charge in [0.05, 0.1) is 0 Å². The molecular formula is C17H21N3O. The standard InChI is InChI=1S/C17H21N3O/c1-19-10-7-14(11-17(19)21)13-20-9-3-2-6-16(20)15-5-4-8-18-12-15/h4-5,7-8,10-12,16H,2-3,6,9,13H2,1H3/t16-/m0/s1. The van der Waals surface area contributed by atoms with Crippen LogP contribution >= 0.6 is 0 Å². The van der Waals surface area contributed by atoms with Gasteiger partial charge in [0.25, 0.3) is 5.56 Å². The second-order valence-electron chi connectivity index (χ2n) is 5.75. The van der Waals surface area contributed by atoms with Crippen molar-refractivity contribution in [2.75, 3.05) is 6.54 Å². The minimum Gasteiger partial charge on any atom is -0.319 e. The summed E-state index contributed by atoms with van der Waals surface area (Å²) in [5.74, 6) is 0. The van der Waals surface area contributed by atoms with Crippen LogP contribution in [0.5, 0.6) is 0 Å². The molecule has 3 heterocycles. The number of hydrogen-bond donors (Lipinski definition) is 0. The number of aromatic nitrogens is 2. The number of pyridine rings is 2. The van der Waals surface area contributed by atoms with Crippen molar-refractivity contribution in [2.45, 2.75) is 31.8 Å². The van der Waals surface area contributed by atoms with E-state index in [9.17, 15) is 4.79 Å². The minimum absolute atomic E-state index is 0.0578. The van der Waals surface area contributed by atoms with Crippen LogP contribution in [0.3, 0.4) is 0 Å². The van der Waals surface area contributed by atoms with E-state index in [0.29, 0.717) is 6.04 Å². The maximum Gasteiger partial charge on any atom is 0.250 e. The van der Waals surface area contributed by atoms with Gasteiger partial charge in [-0.05, 0) is 42.6 Å². The first kappa shape index (κ1) is 14.0. The molecule has 3 rings (SSSR count). The zero-order chi connectivity index (χ0) is 14.7. The monoisotopic (exact) mass is 283 g/mol. The predicted octanol–water partition coefficient (Wildman–Crippen LogP) is 2.51. The number of nitrogens with zero attached hydrogens (tertiary/aromatic N) is 3. The van der Waals surface area contributed by atoms with E-state index in [4.69, 9.17) is 0 Å². The zero-order valence-electron chi connectivity index (χ0n) is 12.4. The molecular weight excluding hydrogens is 262 g/mol. The summed E-state index contributed by atoms with van der Waals surface area (Å²) in [5, 5.41) is 0. The molecule has 0 saturated carbocycles. The van der Waals surface area contributed by atoms with E-state index < -0.39 is 0 Å². The van der Waals surface area contributed by atoms with Gasteiger partial charge in [0.2, 0.25) is 0 Å². The largest absolute Gasteiger partial charge is 0.319 e. The zero-order valence-corrected chi connectivity index (χ0v) is 12.4. The average molecular weight is 283 g/mol. The van der Waals surface area contributed by atoms with Gasteiger partial charge in [-0.15, -0.1) is 0 Å². The molecule has 0 amide bonds. The number of hydrogen-bond acceptors (Lipinski definition) is 3.